The van der Waals surface area contributed by atoms with Crippen LogP contribution in [0.5, 0.6) is 5.75 Å². The molecule has 0 saturated heterocycles. The first kappa shape index (κ1) is 13.6. The third-order valence-corrected chi connectivity index (χ3v) is 2.53. The summed E-state index contributed by atoms with van der Waals surface area (Å²) in [5.74, 6) is 0.796. The lowest BCUT2D eigenvalue weighted by Gasteiger charge is -2.03. The number of hydrogen-bond donors (Lipinski definition) is 2. The Kier molecular flexibility index (Phi) is 4.72. The van der Waals surface area contributed by atoms with Crippen molar-refractivity contribution in [3.8, 4) is 5.75 Å². The van der Waals surface area contributed by atoms with Crippen molar-refractivity contribution in [1.29, 1.82) is 0 Å². The average Bonchev–Trinajstić information content (AvgIpc) is 2.49. The number of urea groups is 1. The summed E-state index contributed by atoms with van der Waals surface area (Å²) in [5, 5.41) is 5.28. The maximum absolute atomic E-state index is 11.6. The Bertz CT molecular complexity index is 580. The summed E-state index contributed by atoms with van der Waals surface area (Å²) in [6, 6.07) is 10.7. The van der Waals surface area contributed by atoms with E-state index >= 15 is 0 Å². The van der Waals surface area contributed by atoms with Crippen LogP contribution in [0.3, 0.4) is 0 Å². The predicted octanol–water partition coefficient (Wildman–Crippen LogP) is 2.88. The van der Waals surface area contributed by atoms with Crippen LogP contribution in [-0.4, -0.2) is 18.1 Å². The minimum Gasteiger partial charge on any atom is -0.497 e. The summed E-state index contributed by atoms with van der Waals surface area (Å²) in [5.41, 5.74) is 1.61. The van der Waals surface area contributed by atoms with Gasteiger partial charge in [-0.3, -0.25) is 4.98 Å². The van der Waals surface area contributed by atoms with E-state index in [2.05, 4.69) is 15.6 Å². The van der Waals surface area contributed by atoms with Gasteiger partial charge in [0.25, 0.3) is 0 Å². The van der Waals surface area contributed by atoms with Gasteiger partial charge in [-0.2, -0.15) is 0 Å². The lowest BCUT2D eigenvalue weighted by Crippen LogP contribution is -2.23. The number of hydrogen-bond acceptors (Lipinski definition) is 3. The molecule has 0 radical (unpaired) electrons. The van der Waals surface area contributed by atoms with Gasteiger partial charge in [0, 0.05) is 12.4 Å². The molecule has 0 aliphatic carbocycles. The number of benzene rings is 1. The first-order valence-electron chi connectivity index (χ1n) is 6.06. The molecule has 0 fully saturated rings. The second-order valence-electron chi connectivity index (χ2n) is 3.95. The number of carbonyl (C=O) groups is 1. The highest BCUT2D eigenvalue weighted by Crippen LogP contribution is 2.11. The average molecular weight is 269 g/mol. The van der Waals surface area contributed by atoms with Crippen molar-refractivity contribution >= 4 is 17.8 Å². The number of nitrogens with zero attached hydrogens (tertiary/aromatic N) is 1. The summed E-state index contributed by atoms with van der Waals surface area (Å²) in [7, 11) is 1.62. The third kappa shape index (κ3) is 4.13. The minimum atomic E-state index is -0.317. The summed E-state index contributed by atoms with van der Waals surface area (Å²) in [6.07, 6.45) is 6.59. The smallest absolute Gasteiger partial charge is 0.323 e. The van der Waals surface area contributed by atoms with Gasteiger partial charge in [0.15, 0.2) is 0 Å². The van der Waals surface area contributed by atoms with E-state index in [0.717, 1.165) is 11.3 Å². The quantitative estimate of drug-likeness (QED) is 0.897. The van der Waals surface area contributed by atoms with E-state index in [1.165, 1.54) is 0 Å². The maximum Gasteiger partial charge on any atom is 0.323 e. The van der Waals surface area contributed by atoms with Crippen LogP contribution in [0.4, 0.5) is 10.5 Å². The molecule has 1 heterocycles. The van der Waals surface area contributed by atoms with Gasteiger partial charge >= 0.3 is 6.03 Å². The number of rotatable bonds is 4. The lowest BCUT2D eigenvalue weighted by atomic mass is 10.2. The molecule has 0 aliphatic rings. The van der Waals surface area contributed by atoms with E-state index in [1.54, 1.807) is 43.9 Å². The molecule has 2 aromatic rings. The molecule has 5 nitrogen and oxygen atoms in total. The molecular weight excluding hydrogens is 254 g/mol. The predicted molar refractivity (Wildman–Crippen MR) is 78.4 cm³/mol. The van der Waals surface area contributed by atoms with Crippen LogP contribution in [0.25, 0.3) is 6.08 Å². The van der Waals surface area contributed by atoms with E-state index in [0.29, 0.717) is 5.69 Å². The number of anilines is 1. The van der Waals surface area contributed by atoms with Crippen LogP contribution in [0.1, 0.15) is 5.56 Å². The largest absolute Gasteiger partial charge is 0.497 e. The molecule has 0 atom stereocenters. The van der Waals surface area contributed by atoms with Crippen molar-refractivity contribution in [3.63, 3.8) is 0 Å². The van der Waals surface area contributed by atoms with Gasteiger partial charge in [0.05, 0.1) is 19.0 Å². The molecule has 1 aromatic carbocycles. The Morgan fingerprint density at radius 1 is 1.25 bits per heavy atom. The Morgan fingerprint density at radius 3 is 2.70 bits per heavy atom. The normalized spacial score (nSPS) is 10.2. The highest BCUT2D eigenvalue weighted by molar-refractivity contribution is 5.90. The SMILES string of the molecule is COc1ccc(/C=C/NC(=O)Nc2cccnc2)cc1. The fraction of sp³-hybridized carbons (Fsp3) is 0.0667. The molecule has 102 valence electrons. The number of carbonyl (C=O) groups excluding carboxylic acids is 1. The topological polar surface area (TPSA) is 63.2 Å². The number of pyridine rings is 1. The zero-order chi connectivity index (χ0) is 14.2. The number of methoxy groups -OCH3 is 1. The Labute approximate surface area is 117 Å². The summed E-state index contributed by atoms with van der Waals surface area (Å²) in [4.78, 5) is 15.5. The van der Waals surface area contributed by atoms with Gasteiger partial charge in [0.2, 0.25) is 0 Å². The van der Waals surface area contributed by atoms with Crippen molar-refractivity contribution in [2.45, 2.75) is 0 Å². The van der Waals surface area contributed by atoms with E-state index in [9.17, 15) is 4.79 Å². The summed E-state index contributed by atoms with van der Waals surface area (Å²) < 4.78 is 5.07. The Balaban J connectivity index is 1.84. The highest BCUT2D eigenvalue weighted by atomic mass is 16.5. The number of amides is 2. The van der Waals surface area contributed by atoms with Gasteiger partial charge in [-0.05, 0) is 35.9 Å². The first-order chi connectivity index (χ1) is 9.78. The van der Waals surface area contributed by atoms with Gasteiger partial charge in [-0.1, -0.05) is 12.1 Å². The fourth-order valence-corrected chi connectivity index (χ4v) is 1.53. The van der Waals surface area contributed by atoms with Gasteiger partial charge in [-0.25, -0.2) is 4.79 Å². The number of nitrogens with one attached hydrogen (secondary N) is 2. The molecule has 2 amide bonds. The molecule has 0 saturated carbocycles. The van der Waals surface area contributed by atoms with Crippen molar-refractivity contribution < 1.29 is 9.53 Å². The lowest BCUT2D eigenvalue weighted by molar-refractivity contribution is 0.255. The Hall–Kier alpha value is -2.82. The second-order valence-corrected chi connectivity index (χ2v) is 3.95. The first-order valence-corrected chi connectivity index (χ1v) is 6.06. The van der Waals surface area contributed by atoms with E-state index in [-0.39, 0.29) is 6.03 Å². The molecular formula is C15H15N3O2. The van der Waals surface area contributed by atoms with Crippen molar-refractivity contribution in [2.75, 3.05) is 12.4 Å². The second kappa shape index (κ2) is 6.94. The standard InChI is InChI=1S/C15H15N3O2/c1-20-14-6-4-12(5-7-14)8-10-17-15(19)18-13-3-2-9-16-11-13/h2-11H,1H3,(H2,17,18,19)/b10-8+. The minimum absolute atomic E-state index is 0.317. The molecule has 0 aliphatic heterocycles. The number of ether oxygens (including phenoxy) is 1. The van der Waals surface area contributed by atoms with Crippen molar-refractivity contribution in [2.24, 2.45) is 0 Å². The van der Waals surface area contributed by atoms with Crippen molar-refractivity contribution in [1.82, 2.24) is 10.3 Å². The monoisotopic (exact) mass is 269 g/mol. The molecule has 1 aromatic heterocycles. The Morgan fingerprint density at radius 2 is 2.05 bits per heavy atom. The van der Waals surface area contributed by atoms with Crippen LogP contribution in [0.2, 0.25) is 0 Å². The van der Waals surface area contributed by atoms with Crippen LogP contribution >= 0.6 is 0 Å². The van der Waals surface area contributed by atoms with Crippen LogP contribution in [0, 0.1) is 0 Å². The van der Waals surface area contributed by atoms with E-state index in [1.807, 2.05) is 24.3 Å². The van der Waals surface area contributed by atoms with Crippen molar-refractivity contribution in [3.05, 3.63) is 60.6 Å². The molecule has 20 heavy (non-hydrogen) atoms. The molecule has 5 heteroatoms. The molecule has 0 bridgehead atoms. The van der Waals surface area contributed by atoms with E-state index in [4.69, 9.17) is 4.74 Å². The van der Waals surface area contributed by atoms with Crippen LogP contribution in [-0.2, 0) is 0 Å². The third-order valence-electron chi connectivity index (χ3n) is 2.53. The summed E-state index contributed by atoms with van der Waals surface area (Å²) in [6.45, 7) is 0. The fourth-order valence-electron chi connectivity index (χ4n) is 1.53. The van der Waals surface area contributed by atoms with Crippen LogP contribution < -0.4 is 15.4 Å². The van der Waals surface area contributed by atoms with E-state index < -0.39 is 0 Å². The van der Waals surface area contributed by atoms with Gasteiger partial charge < -0.3 is 15.4 Å². The zero-order valence-electron chi connectivity index (χ0n) is 11.0. The van der Waals surface area contributed by atoms with Gasteiger partial charge in [0.1, 0.15) is 5.75 Å². The molecule has 2 N–H and O–H groups in total. The summed E-state index contributed by atoms with van der Waals surface area (Å²) >= 11 is 0. The highest BCUT2D eigenvalue weighted by Gasteiger charge is 1.97. The molecule has 0 spiro atoms. The van der Waals surface area contributed by atoms with Gasteiger partial charge in [-0.15, -0.1) is 0 Å². The zero-order valence-corrected chi connectivity index (χ0v) is 11.0. The molecule has 2 rings (SSSR count). The maximum atomic E-state index is 11.6. The number of aromatic nitrogens is 1. The molecule has 0 unspecified atom stereocenters. The van der Waals surface area contributed by atoms with Crippen LogP contribution in [0.15, 0.2) is 55.0 Å².